The van der Waals surface area contributed by atoms with Gasteiger partial charge < -0.3 is 14.8 Å². The fourth-order valence-electron chi connectivity index (χ4n) is 2.11. The summed E-state index contributed by atoms with van der Waals surface area (Å²) in [6, 6.07) is 0.970. The molecule has 0 radical (unpaired) electrons. The first-order chi connectivity index (χ1) is 8.21. The molecule has 94 valence electrons. The molecule has 0 saturated heterocycles. The van der Waals surface area contributed by atoms with E-state index in [2.05, 4.69) is 27.2 Å². The topological polar surface area (TPSA) is 69.2 Å². The lowest BCUT2D eigenvalue weighted by Gasteiger charge is -2.12. The normalized spacial score (nSPS) is 23.5. The molecule has 1 aliphatic carbocycles. The molecule has 1 saturated carbocycles. The smallest absolute Gasteiger partial charge is 0.324 e. The van der Waals surface area contributed by atoms with Gasteiger partial charge in [-0.05, 0) is 25.2 Å². The summed E-state index contributed by atoms with van der Waals surface area (Å²) < 4.78 is 10.0. The fraction of sp³-hybridized carbons (Fsp3) is 0.727. The number of hydrogen-bond donors (Lipinski definition) is 1. The third kappa shape index (κ3) is 2.95. The van der Waals surface area contributed by atoms with E-state index in [-0.39, 0.29) is 12.0 Å². The lowest BCUT2D eigenvalue weighted by Crippen LogP contribution is -2.18. The minimum absolute atomic E-state index is 0.269. The van der Waals surface area contributed by atoms with Crippen molar-refractivity contribution in [3.63, 3.8) is 0 Å². The standard InChI is InChI=1S/C11H18N4O2/c1-7-4-5-8(6-7)12-9-13-10(16-2)15-11(14-9)17-3/h7-8H,4-6H2,1-3H3,(H,12,13,14,15). The number of hydrogen-bond acceptors (Lipinski definition) is 6. The lowest BCUT2D eigenvalue weighted by atomic mass is 10.1. The van der Waals surface area contributed by atoms with Crippen molar-refractivity contribution in [1.82, 2.24) is 15.0 Å². The first-order valence-corrected chi connectivity index (χ1v) is 5.82. The summed E-state index contributed by atoms with van der Waals surface area (Å²) in [4.78, 5) is 12.3. The van der Waals surface area contributed by atoms with Crippen molar-refractivity contribution in [3.05, 3.63) is 0 Å². The molecule has 6 nitrogen and oxygen atoms in total. The largest absolute Gasteiger partial charge is 0.467 e. The zero-order chi connectivity index (χ0) is 12.3. The van der Waals surface area contributed by atoms with Crippen molar-refractivity contribution in [2.75, 3.05) is 19.5 Å². The first kappa shape index (κ1) is 11.9. The van der Waals surface area contributed by atoms with Gasteiger partial charge in [0.25, 0.3) is 0 Å². The van der Waals surface area contributed by atoms with Crippen molar-refractivity contribution in [3.8, 4) is 12.0 Å². The van der Waals surface area contributed by atoms with Crippen LogP contribution in [-0.2, 0) is 0 Å². The maximum atomic E-state index is 5.00. The van der Waals surface area contributed by atoms with E-state index in [4.69, 9.17) is 9.47 Å². The summed E-state index contributed by atoms with van der Waals surface area (Å²) in [6.45, 7) is 2.26. The Morgan fingerprint density at radius 3 is 2.18 bits per heavy atom. The molecular formula is C11H18N4O2. The molecule has 0 aromatic carbocycles. The summed E-state index contributed by atoms with van der Waals surface area (Å²) >= 11 is 0. The van der Waals surface area contributed by atoms with Gasteiger partial charge in [0.15, 0.2) is 0 Å². The Kier molecular flexibility index (Phi) is 3.61. The summed E-state index contributed by atoms with van der Waals surface area (Å²) in [5.41, 5.74) is 0. The minimum Gasteiger partial charge on any atom is -0.467 e. The number of nitrogens with zero attached hydrogens (tertiary/aromatic N) is 3. The number of aromatic nitrogens is 3. The predicted molar refractivity (Wildman–Crippen MR) is 63.4 cm³/mol. The highest BCUT2D eigenvalue weighted by Crippen LogP contribution is 2.27. The lowest BCUT2D eigenvalue weighted by molar-refractivity contribution is 0.341. The van der Waals surface area contributed by atoms with Crippen LogP contribution in [0.15, 0.2) is 0 Å². The van der Waals surface area contributed by atoms with Gasteiger partial charge in [-0.25, -0.2) is 0 Å². The monoisotopic (exact) mass is 238 g/mol. The molecule has 0 spiro atoms. The summed E-state index contributed by atoms with van der Waals surface area (Å²) in [6.07, 6.45) is 3.55. The van der Waals surface area contributed by atoms with Crippen LogP contribution >= 0.6 is 0 Å². The van der Waals surface area contributed by atoms with Crippen molar-refractivity contribution >= 4 is 5.95 Å². The minimum atomic E-state index is 0.269. The van der Waals surface area contributed by atoms with E-state index in [0.29, 0.717) is 12.0 Å². The average molecular weight is 238 g/mol. The van der Waals surface area contributed by atoms with Crippen LogP contribution in [0.4, 0.5) is 5.95 Å². The quantitative estimate of drug-likeness (QED) is 0.857. The SMILES string of the molecule is COc1nc(NC2CCC(C)C2)nc(OC)n1. The molecular weight excluding hydrogens is 220 g/mol. The Labute approximate surface area is 101 Å². The highest BCUT2D eigenvalue weighted by atomic mass is 16.5. The van der Waals surface area contributed by atoms with Gasteiger partial charge in [0.2, 0.25) is 5.95 Å². The van der Waals surface area contributed by atoms with Crippen molar-refractivity contribution in [2.24, 2.45) is 5.92 Å². The molecule has 0 aliphatic heterocycles. The molecule has 0 amide bonds. The maximum Gasteiger partial charge on any atom is 0.324 e. The Morgan fingerprint density at radius 1 is 1.06 bits per heavy atom. The molecule has 1 aromatic rings. The molecule has 1 heterocycles. The van der Waals surface area contributed by atoms with Crippen LogP contribution in [0, 0.1) is 5.92 Å². The van der Waals surface area contributed by atoms with Crippen LogP contribution in [0.3, 0.4) is 0 Å². The molecule has 1 fully saturated rings. The third-order valence-electron chi connectivity index (χ3n) is 2.99. The summed E-state index contributed by atoms with van der Waals surface area (Å²) in [5.74, 6) is 1.28. The molecule has 0 bridgehead atoms. The van der Waals surface area contributed by atoms with E-state index in [1.165, 1.54) is 20.6 Å². The predicted octanol–water partition coefficient (Wildman–Crippen LogP) is 1.49. The number of anilines is 1. The van der Waals surface area contributed by atoms with Gasteiger partial charge in [-0.2, -0.15) is 9.97 Å². The molecule has 2 atom stereocenters. The van der Waals surface area contributed by atoms with Crippen LogP contribution in [-0.4, -0.2) is 35.2 Å². The van der Waals surface area contributed by atoms with Gasteiger partial charge in [-0.1, -0.05) is 6.92 Å². The van der Waals surface area contributed by atoms with Crippen molar-refractivity contribution < 1.29 is 9.47 Å². The van der Waals surface area contributed by atoms with Crippen LogP contribution in [0.25, 0.3) is 0 Å². The zero-order valence-electron chi connectivity index (χ0n) is 10.4. The average Bonchev–Trinajstić information content (AvgIpc) is 2.74. The molecule has 6 heteroatoms. The molecule has 1 aromatic heterocycles. The van der Waals surface area contributed by atoms with E-state index in [9.17, 15) is 0 Å². The van der Waals surface area contributed by atoms with Gasteiger partial charge in [-0.3, -0.25) is 0 Å². The number of nitrogens with one attached hydrogen (secondary N) is 1. The van der Waals surface area contributed by atoms with Gasteiger partial charge in [0.05, 0.1) is 14.2 Å². The first-order valence-electron chi connectivity index (χ1n) is 5.82. The molecule has 1 N–H and O–H groups in total. The molecule has 2 unspecified atom stereocenters. The van der Waals surface area contributed by atoms with Crippen LogP contribution in [0.1, 0.15) is 26.2 Å². The Hall–Kier alpha value is -1.59. The Morgan fingerprint density at radius 2 is 1.71 bits per heavy atom. The number of methoxy groups -OCH3 is 2. The van der Waals surface area contributed by atoms with E-state index in [0.717, 1.165) is 18.8 Å². The second-order valence-electron chi connectivity index (χ2n) is 4.39. The zero-order valence-corrected chi connectivity index (χ0v) is 10.4. The van der Waals surface area contributed by atoms with Crippen molar-refractivity contribution in [2.45, 2.75) is 32.2 Å². The second-order valence-corrected chi connectivity index (χ2v) is 4.39. The van der Waals surface area contributed by atoms with E-state index in [1.54, 1.807) is 0 Å². The van der Waals surface area contributed by atoms with E-state index >= 15 is 0 Å². The van der Waals surface area contributed by atoms with Gasteiger partial charge >= 0.3 is 12.0 Å². The molecule has 17 heavy (non-hydrogen) atoms. The van der Waals surface area contributed by atoms with Crippen LogP contribution in [0.5, 0.6) is 12.0 Å². The van der Waals surface area contributed by atoms with Gasteiger partial charge in [0, 0.05) is 6.04 Å². The molecule has 2 rings (SSSR count). The highest BCUT2D eigenvalue weighted by Gasteiger charge is 2.22. The van der Waals surface area contributed by atoms with E-state index in [1.807, 2.05) is 0 Å². The Balaban J connectivity index is 2.09. The maximum absolute atomic E-state index is 5.00. The number of ether oxygens (including phenoxy) is 2. The second kappa shape index (κ2) is 5.16. The molecule has 1 aliphatic rings. The number of rotatable bonds is 4. The Bertz CT molecular complexity index is 363. The summed E-state index contributed by atoms with van der Waals surface area (Å²) in [7, 11) is 3.05. The highest BCUT2D eigenvalue weighted by molar-refractivity contribution is 5.29. The van der Waals surface area contributed by atoms with Gasteiger partial charge in [0.1, 0.15) is 0 Å². The van der Waals surface area contributed by atoms with E-state index < -0.39 is 0 Å². The summed E-state index contributed by atoms with van der Waals surface area (Å²) in [5, 5.41) is 3.30. The van der Waals surface area contributed by atoms with Crippen LogP contribution < -0.4 is 14.8 Å². The van der Waals surface area contributed by atoms with Crippen molar-refractivity contribution in [1.29, 1.82) is 0 Å². The van der Waals surface area contributed by atoms with Gasteiger partial charge in [-0.15, -0.1) is 4.98 Å². The fourth-order valence-corrected chi connectivity index (χ4v) is 2.11. The third-order valence-corrected chi connectivity index (χ3v) is 2.99. The van der Waals surface area contributed by atoms with Crippen LogP contribution in [0.2, 0.25) is 0 Å².